The molecule has 0 saturated carbocycles. The number of Topliss-reactive ketones (excluding diaryl/α,β-unsaturated/α-hetero) is 1. The highest BCUT2D eigenvalue weighted by Crippen LogP contribution is 2.38. The molecular formula is C25H30N4O4S. The Bertz CT molecular complexity index is 1120. The smallest absolute Gasteiger partial charge is 0.257 e. The third-order valence-electron chi connectivity index (χ3n) is 6.24. The van der Waals surface area contributed by atoms with Crippen molar-refractivity contribution in [2.24, 2.45) is 11.3 Å². The van der Waals surface area contributed by atoms with E-state index in [0.717, 1.165) is 18.5 Å². The summed E-state index contributed by atoms with van der Waals surface area (Å²) in [5.74, 6) is -0.790. The number of rotatable bonds is 7. The Morgan fingerprint density at radius 3 is 2.59 bits per heavy atom. The highest BCUT2D eigenvalue weighted by atomic mass is 32.1. The highest BCUT2D eigenvalue weighted by molar-refractivity contribution is 7.17. The van der Waals surface area contributed by atoms with Gasteiger partial charge in [0.2, 0.25) is 11.8 Å². The molecule has 1 atom stereocenters. The number of benzene rings is 1. The molecule has 2 aromatic rings. The topological polar surface area (TPSA) is 108 Å². The number of carbonyl (C=O) groups is 4. The average molecular weight is 483 g/mol. The Morgan fingerprint density at radius 2 is 1.88 bits per heavy atom. The lowest BCUT2D eigenvalue weighted by Crippen LogP contribution is -2.29. The molecule has 1 unspecified atom stereocenters. The largest absolute Gasteiger partial charge is 0.342 e. The number of likely N-dealkylation sites (tertiary alicyclic amines) is 1. The van der Waals surface area contributed by atoms with Gasteiger partial charge >= 0.3 is 0 Å². The van der Waals surface area contributed by atoms with Gasteiger partial charge in [-0.25, -0.2) is 4.98 Å². The van der Waals surface area contributed by atoms with Crippen molar-refractivity contribution < 1.29 is 19.2 Å². The Hall–Kier alpha value is -3.07. The van der Waals surface area contributed by atoms with Crippen molar-refractivity contribution in [2.75, 3.05) is 23.7 Å². The first kappa shape index (κ1) is 24.1. The molecule has 2 aliphatic rings. The van der Waals surface area contributed by atoms with Crippen LogP contribution < -0.4 is 10.6 Å². The van der Waals surface area contributed by atoms with Crippen molar-refractivity contribution in [3.63, 3.8) is 0 Å². The number of amides is 3. The van der Waals surface area contributed by atoms with E-state index in [1.165, 1.54) is 11.3 Å². The van der Waals surface area contributed by atoms with Crippen molar-refractivity contribution in [1.82, 2.24) is 9.88 Å². The van der Waals surface area contributed by atoms with Crippen LogP contribution in [0.5, 0.6) is 0 Å². The molecule has 34 heavy (non-hydrogen) atoms. The van der Waals surface area contributed by atoms with Crippen molar-refractivity contribution >= 4 is 45.7 Å². The summed E-state index contributed by atoms with van der Waals surface area (Å²) in [5, 5.41) is 6.04. The van der Waals surface area contributed by atoms with Gasteiger partial charge in [0, 0.05) is 37.2 Å². The number of hydrogen-bond acceptors (Lipinski definition) is 6. The SMILES string of the molecule is CCCCN1CC(C(=O)Nc2ccc(C(=O)Nc3nc4c(s3)C(=O)CC(C)(C)C4)cc2)CC1=O. The predicted octanol–water partition coefficient (Wildman–Crippen LogP) is 4.14. The first-order chi connectivity index (χ1) is 16.1. The number of ketones is 1. The van der Waals surface area contributed by atoms with E-state index in [1.54, 1.807) is 29.2 Å². The van der Waals surface area contributed by atoms with Gasteiger partial charge < -0.3 is 10.2 Å². The lowest BCUT2D eigenvalue weighted by Gasteiger charge is -2.26. The fraction of sp³-hybridized carbons (Fsp3) is 0.480. The summed E-state index contributed by atoms with van der Waals surface area (Å²) in [6.45, 7) is 7.29. The predicted molar refractivity (Wildman–Crippen MR) is 131 cm³/mol. The van der Waals surface area contributed by atoms with Crippen LogP contribution in [0.3, 0.4) is 0 Å². The van der Waals surface area contributed by atoms with Gasteiger partial charge in [-0.2, -0.15) is 0 Å². The summed E-state index contributed by atoms with van der Waals surface area (Å²) in [6.07, 6.45) is 3.35. The molecule has 1 aliphatic heterocycles. The molecule has 1 aromatic heterocycles. The second-order valence-corrected chi connectivity index (χ2v) is 10.8. The highest BCUT2D eigenvalue weighted by Gasteiger charge is 2.35. The van der Waals surface area contributed by atoms with Crippen LogP contribution in [0.1, 0.15) is 72.2 Å². The van der Waals surface area contributed by atoms with Gasteiger partial charge in [0.25, 0.3) is 5.91 Å². The molecule has 2 N–H and O–H groups in total. The third-order valence-corrected chi connectivity index (χ3v) is 7.29. The summed E-state index contributed by atoms with van der Waals surface area (Å²) < 4.78 is 0. The molecule has 180 valence electrons. The fourth-order valence-electron chi connectivity index (χ4n) is 4.40. The Balaban J connectivity index is 1.34. The van der Waals surface area contributed by atoms with Crippen LogP contribution in [-0.2, 0) is 16.0 Å². The molecular weight excluding hydrogens is 452 g/mol. The number of fused-ring (bicyclic) bond motifs is 1. The maximum Gasteiger partial charge on any atom is 0.257 e. The molecule has 0 spiro atoms. The second-order valence-electron chi connectivity index (χ2n) is 9.85. The molecule has 8 nitrogen and oxygen atoms in total. The molecule has 0 bridgehead atoms. The minimum Gasteiger partial charge on any atom is -0.342 e. The lowest BCUT2D eigenvalue weighted by atomic mass is 9.78. The molecule has 1 aliphatic carbocycles. The van der Waals surface area contributed by atoms with Gasteiger partial charge in [-0.05, 0) is 42.5 Å². The van der Waals surface area contributed by atoms with Crippen LogP contribution in [0.2, 0.25) is 0 Å². The van der Waals surface area contributed by atoms with E-state index in [2.05, 4.69) is 22.5 Å². The minimum absolute atomic E-state index is 0.0229. The number of hydrogen-bond donors (Lipinski definition) is 2. The normalized spacial score (nSPS) is 19.1. The molecule has 9 heteroatoms. The fourth-order valence-corrected chi connectivity index (χ4v) is 5.32. The van der Waals surface area contributed by atoms with E-state index >= 15 is 0 Å². The Morgan fingerprint density at radius 1 is 1.15 bits per heavy atom. The number of unbranched alkanes of at least 4 members (excludes halogenated alkanes) is 1. The van der Waals surface area contributed by atoms with Crippen LogP contribution in [0.15, 0.2) is 24.3 Å². The van der Waals surface area contributed by atoms with E-state index < -0.39 is 0 Å². The molecule has 1 aromatic carbocycles. The lowest BCUT2D eigenvalue weighted by molar-refractivity contribution is -0.128. The summed E-state index contributed by atoms with van der Waals surface area (Å²) in [4.78, 5) is 56.6. The van der Waals surface area contributed by atoms with Crippen LogP contribution in [-0.4, -0.2) is 46.5 Å². The number of aromatic nitrogens is 1. The monoisotopic (exact) mass is 482 g/mol. The van der Waals surface area contributed by atoms with Crippen molar-refractivity contribution in [2.45, 2.75) is 52.9 Å². The third kappa shape index (κ3) is 5.35. The van der Waals surface area contributed by atoms with Crippen LogP contribution in [0.25, 0.3) is 0 Å². The van der Waals surface area contributed by atoms with Gasteiger partial charge in [0.15, 0.2) is 10.9 Å². The van der Waals surface area contributed by atoms with Gasteiger partial charge in [-0.3, -0.25) is 24.5 Å². The molecule has 0 radical (unpaired) electrons. The zero-order valence-corrected chi connectivity index (χ0v) is 20.6. The van der Waals surface area contributed by atoms with Gasteiger partial charge in [0.1, 0.15) is 0 Å². The van der Waals surface area contributed by atoms with Crippen LogP contribution in [0, 0.1) is 11.3 Å². The quantitative estimate of drug-likeness (QED) is 0.617. The Kier molecular flexibility index (Phi) is 6.84. The maximum absolute atomic E-state index is 12.7. The number of carbonyl (C=O) groups excluding carboxylic acids is 4. The zero-order valence-electron chi connectivity index (χ0n) is 19.8. The summed E-state index contributed by atoms with van der Waals surface area (Å²) in [6, 6.07) is 6.58. The molecule has 2 heterocycles. The number of anilines is 2. The summed E-state index contributed by atoms with van der Waals surface area (Å²) in [7, 11) is 0. The van der Waals surface area contributed by atoms with E-state index in [0.29, 0.717) is 47.2 Å². The number of nitrogens with zero attached hydrogens (tertiary/aromatic N) is 2. The van der Waals surface area contributed by atoms with Crippen LogP contribution >= 0.6 is 11.3 Å². The molecule has 3 amide bonds. The molecule has 1 fully saturated rings. The summed E-state index contributed by atoms with van der Waals surface area (Å²) >= 11 is 1.22. The summed E-state index contributed by atoms with van der Waals surface area (Å²) in [5.41, 5.74) is 1.61. The van der Waals surface area contributed by atoms with Gasteiger partial charge in [0.05, 0.1) is 16.5 Å². The first-order valence-corrected chi connectivity index (χ1v) is 12.5. The van der Waals surface area contributed by atoms with E-state index in [1.807, 2.05) is 13.8 Å². The zero-order chi connectivity index (χ0) is 24.5. The maximum atomic E-state index is 12.7. The van der Waals surface area contributed by atoms with E-state index in [4.69, 9.17) is 0 Å². The van der Waals surface area contributed by atoms with Crippen molar-refractivity contribution in [1.29, 1.82) is 0 Å². The molecule has 4 rings (SSSR count). The van der Waals surface area contributed by atoms with E-state index in [-0.39, 0.29) is 41.3 Å². The Labute approximate surface area is 203 Å². The van der Waals surface area contributed by atoms with E-state index in [9.17, 15) is 19.2 Å². The van der Waals surface area contributed by atoms with Crippen LogP contribution in [0.4, 0.5) is 10.8 Å². The standard InChI is InChI=1S/C25H30N4O4S/c1-4-5-10-29-14-16(11-20(29)31)23(33)26-17-8-6-15(7-9-17)22(32)28-24-27-18-12-25(2,3)13-19(30)21(18)34-24/h6-9,16H,4-5,10-14H2,1-3H3,(H,26,33)(H,27,28,32). The average Bonchev–Trinajstić information content (AvgIpc) is 3.34. The minimum atomic E-state index is -0.365. The number of nitrogens with one attached hydrogen (secondary N) is 2. The van der Waals surface area contributed by atoms with Gasteiger partial charge in [-0.15, -0.1) is 0 Å². The number of thiazole rings is 1. The van der Waals surface area contributed by atoms with Crippen molar-refractivity contribution in [3.05, 3.63) is 40.4 Å². The van der Waals surface area contributed by atoms with Crippen molar-refractivity contribution in [3.8, 4) is 0 Å². The first-order valence-electron chi connectivity index (χ1n) is 11.7. The van der Waals surface area contributed by atoms with Gasteiger partial charge in [-0.1, -0.05) is 38.5 Å². The molecule has 1 saturated heterocycles. The second kappa shape index (κ2) is 9.66.